The standard InChI is InChI=1S/C56H37N/c1-2-11-38(12-3-1)44-15-10-16-49(35-44)57(48-33-29-41(30-34-48)54-37-46-14-5-6-17-50(46)52-19-8-9-20-53(52)54)47-31-27-39(28-32-47)45-26-23-42-22-25-43-24-21-40-13-4-7-18-51(40)56(43)55(42)36-45/h1-37H. The smallest absolute Gasteiger partial charge is 0.0467 e. The number of hydrogen-bond acceptors (Lipinski definition) is 1. The highest BCUT2D eigenvalue weighted by atomic mass is 15.1. The molecule has 0 atom stereocenters. The third-order valence-corrected chi connectivity index (χ3v) is 11.6. The number of anilines is 3. The third-order valence-electron chi connectivity index (χ3n) is 11.6. The SMILES string of the molecule is c1ccc(-c2cccc(N(c3ccc(-c4ccc5ccc6ccc7ccccc7c6c5c4)cc3)c3ccc(-c4cc5ccccc5c5ccccc45)cc3)c2)cc1. The van der Waals surface area contributed by atoms with Crippen molar-refractivity contribution >= 4 is 70.9 Å². The molecule has 0 fully saturated rings. The zero-order valence-electron chi connectivity index (χ0n) is 31.3. The van der Waals surface area contributed by atoms with Gasteiger partial charge in [0, 0.05) is 17.1 Å². The van der Waals surface area contributed by atoms with E-state index in [1.54, 1.807) is 0 Å². The Bertz CT molecular complexity index is 3270. The Balaban J connectivity index is 1.02. The fraction of sp³-hybridized carbons (Fsp3) is 0. The van der Waals surface area contributed by atoms with Gasteiger partial charge in [0.15, 0.2) is 0 Å². The molecule has 0 aliphatic heterocycles. The molecule has 0 aliphatic rings. The number of hydrogen-bond donors (Lipinski definition) is 0. The summed E-state index contributed by atoms with van der Waals surface area (Å²) in [5.74, 6) is 0. The van der Waals surface area contributed by atoms with Crippen molar-refractivity contribution in [2.75, 3.05) is 4.90 Å². The lowest BCUT2D eigenvalue weighted by molar-refractivity contribution is 1.28. The second-order valence-electron chi connectivity index (χ2n) is 14.9. The minimum absolute atomic E-state index is 1.10. The Hall–Kier alpha value is -7.48. The first kappa shape index (κ1) is 32.9. The number of rotatable bonds is 6. The molecule has 11 aromatic rings. The number of fused-ring (bicyclic) bond motifs is 8. The molecule has 1 heteroatoms. The normalized spacial score (nSPS) is 11.5. The van der Waals surface area contributed by atoms with Gasteiger partial charge in [-0.15, -0.1) is 0 Å². The van der Waals surface area contributed by atoms with Crippen molar-refractivity contribution in [3.8, 4) is 33.4 Å². The highest BCUT2D eigenvalue weighted by Gasteiger charge is 2.16. The Morgan fingerprint density at radius 1 is 0.228 bits per heavy atom. The molecule has 266 valence electrons. The second-order valence-corrected chi connectivity index (χ2v) is 14.9. The molecule has 0 aromatic heterocycles. The lowest BCUT2D eigenvalue weighted by Gasteiger charge is -2.26. The Labute approximate surface area is 332 Å². The molecule has 0 saturated heterocycles. The first-order chi connectivity index (χ1) is 28.2. The maximum absolute atomic E-state index is 2.37. The van der Waals surface area contributed by atoms with Gasteiger partial charge in [-0.1, -0.05) is 176 Å². The van der Waals surface area contributed by atoms with Crippen LogP contribution in [0.3, 0.4) is 0 Å². The Morgan fingerprint density at radius 3 is 1.49 bits per heavy atom. The van der Waals surface area contributed by atoms with Crippen LogP contribution in [0.15, 0.2) is 224 Å². The van der Waals surface area contributed by atoms with E-state index >= 15 is 0 Å². The van der Waals surface area contributed by atoms with Gasteiger partial charge in [-0.3, -0.25) is 0 Å². The van der Waals surface area contributed by atoms with Crippen molar-refractivity contribution in [2.24, 2.45) is 0 Å². The van der Waals surface area contributed by atoms with Gasteiger partial charge >= 0.3 is 0 Å². The van der Waals surface area contributed by atoms with Crippen LogP contribution in [0.2, 0.25) is 0 Å². The van der Waals surface area contributed by atoms with Gasteiger partial charge in [-0.05, 0) is 136 Å². The first-order valence-corrected chi connectivity index (χ1v) is 19.7. The molecule has 1 nitrogen and oxygen atoms in total. The van der Waals surface area contributed by atoms with Crippen LogP contribution in [0.1, 0.15) is 0 Å². The molecule has 57 heavy (non-hydrogen) atoms. The van der Waals surface area contributed by atoms with E-state index in [4.69, 9.17) is 0 Å². The largest absolute Gasteiger partial charge is 0.310 e. The second kappa shape index (κ2) is 13.7. The topological polar surface area (TPSA) is 3.24 Å². The van der Waals surface area contributed by atoms with Gasteiger partial charge in [0.1, 0.15) is 0 Å². The van der Waals surface area contributed by atoms with Crippen LogP contribution in [0.4, 0.5) is 17.1 Å². The minimum atomic E-state index is 1.10. The molecule has 0 radical (unpaired) electrons. The molecule has 0 heterocycles. The van der Waals surface area contributed by atoms with E-state index < -0.39 is 0 Å². The summed E-state index contributed by atoms with van der Waals surface area (Å²) in [5.41, 5.74) is 10.5. The van der Waals surface area contributed by atoms with E-state index in [9.17, 15) is 0 Å². The van der Waals surface area contributed by atoms with Crippen molar-refractivity contribution < 1.29 is 0 Å². The van der Waals surface area contributed by atoms with Crippen LogP contribution in [0.25, 0.3) is 87.2 Å². The number of benzene rings is 11. The molecule has 0 bridgehead atoms. The predicted molar refractivity (Wildman–Crippen MR) is 245 cm³/mol. The van der Waals surface area contributed by atoms with E-state index in [1.807, 2.05) is 0 Å². The minimum Gasteiger partial charge on any atom is -0.310 e. The van der Waals surface area contributed by atoms with E-state index in [0.717, 1.165) is 17.1 Å². The molecular formula is C56H37N. The zero-order chi connectivity index (χ0) is 37.7. The van der Waals surface area contributed by atoms with Gasteiger partial charge in [-0.25, -0.2) is 0 Å². The summed E-state index contributed by atoms with van der Waals surface area (Å²) in [7, 11) is 0. The average molecular weight is 724 g/mol. The van der Waals surface area contributed by atoms with Gasteiger partial charge < -0.3 is 4.90 Å². The van der Waals surface area contributed by atoms with E-state index in [1.165, 1.54) is 87.2 Å². The molecular weight excluding hydrogens is 687 g/mol. The summed E-state index contributed by atoms with van der Waals surface area (Å²) in [6.07, 6.45) is 0. The van der Waals surface area contributed by atoms with Crippen molar-refractivity contribution in [3.05, 3.63) is 224 Å². The Kier molecular flexibility index (Phi) is 7.89. The van der Waals surface area contributed by atoms with Crippen LogP contribution in [0.5, 0.6) is 0 Å². The van der Waals surface area contributed by atoms with Gasteiger partial charge in [0.25, 0.3) is 0 Å². The monoisotopic (exact) mass is 723 g/mol. The average Bonchev–Trinajstić information content (AvgIpc) is 3.29. The molecule has 0 saturated carbocycles. The van der Waals surface area contributed by atoms with Crippen LogP contribution in [-0.4, -0.2) is 0 Å². The van der Waals surface area contributed by atoms with Crippen molar-refractivity contribution in [1.29, 1.82) is 0 Å². The third kappa shape index (κ3) is 5.80. The molecule has 0 aliphatic carbocycles. The van der Waals surface area contributed by atoms with Crippen LogP contribution < -0.4 is 4.90 Å². The van der Waals surface area contributed by atoms with Gasteiger partial charge in [-0.2, -0.15) is 0 Å². The van der Waals surface area contributed by atoms with Crippen LogP contribution in [0, 0.1) is 0 Å². The van der Waals surface area contributed by atoms with Gasteiger partial charge in [0.2, 0.25) is 0 Å². The molecule has 0 spiro atoms. The fourth-order valence-corrected chi connectivity index (χ4v) is 8.79. The summed E-state index contributed by atoms with van der Waals surface area (Å²) < 4.78 is 0. The van der Waals surface area contributed by atoms with Crippen LogP contribution >= 0.6 is 0 Å². The summed E-state index contributed by atoms with van der Waals surface area (Å²) in [5, 5.41) is 12.8. The lowest BCUT2D eigenvalue weighted by Crippen LogP contribution is -2.10. The molecule has 0 N–H and O–H groups in total. The lowest BCUT2D eigenvalue weighted by atomic mass is 9.93. The number of nitrogens with zero attached hydrogens (tertiary/aromatic N) is 1. The maximum Gasteiger partial charge on any atom is 0.0467 e. The summed E-state index contributed by atoms with van der Waals surface area (Å²) >= 11 is 0. The van der Waals surface area contributed by atoms with Crippen molar-refractivity contribution in [2.45, 2.75) is 0 Å². The molecule has 11 rings (SSSR count). The van der Waals surface area contributed by atoms with Crippen molar-refractivity contribution in [3.63, 3.8) is 0 Å². The van der Waals surface area contributed by atoms with E-state index in [-0.39, 0.29) is 0 Å². The predicted octanol–water partition coefficient (Wildman–Crippen LogP) is 15.9. The van der Waals surface area contributed by atoms with E-state index in [0.29, 0.717) is 0 Å². The first-order valence-electron chi connectivity index (χ1n) is 19.7. The maximum atomic E-state index is 2.37. The Morgan fingerprint density at radius 2 is 0.737 bits per heavy atom. The summed E-state index contributed by atoms with van der Waals surface area (Å²) in [4.78, 5) is 2.37. The zero-order valence-corrected chi connectivity index (χ0v) is 31.3. The molecule has 0 amide bonds. The molecule has 0 unspecified atom stereocenters. The highest BCUT2D eigenvalue weighted by Crippen LogP contribution is 2.41. The summed E-state index contributed by atoms with van der Waals surface area (Å²) in [6.45, 7) is 0. The fourth-order valence-electron chi connectivity index (χ4n) is 8.79. The summed E-state index contributed by atoms with van der Waals surface area (Å²) in [6, 6.07) is 82.0. The molecule has 11 aromatic carbocycles. The van der Waals surface area contributed by atoms with Crippen molar-refractivity contribution in [1.82, 2.24) is 0 Å². The van der Waals surface area contributed by atoms with Crippen LogP contribution in [-0.2, 0) is 0 Å². The van der Waals surface area contributed by atoms with Gasteiger partial charge in [0.05, 0.1) is 0 Å². The van der Waals surface area contributed by atoms with E-state index in [2.05, 4.69) is 229 Å². The quantitative estimate of drug-likeness (QED) is 0.154. The highest BCUT2D eigenvalue weighted by molar-refractivity contribution is 6.20.